The Kier molecular flexibility index (Phi) is 4.25. The number of esters is 1. The molecular weight excluding hydrogens is 240 g/mol. The molecule has 17 heavy (non-hydrogen) atoms. The molecule has 0 saturated heterocycles. The quantitative estimate of drug-likeness (QED) is 0.802. The molecule has 0 saturated carbocycles. The Morgan fingerprint density at radius 2 is 2.00 bits per heavy atom. The van der Waals surface area contributed by atoms with Gasteiger partial charge in [0.1, 0.15) is 5.00 Å². The average Bonchev–Trinajstić information content (AvgIpc) is 2.53. The van der Waals surface area contributed by atoms with Crippen LogP contribution in [-0.2, 0) is 9.53 Å². The van der Waals surface area contributed by atoms with Gasteiger partial charge in [0, 0.05) is 4.88 Å². The zero-order chi connectivity index (χ0) is 13.2. The summed E-state index contributed by atoms with van der Waals surface area (Å²) >= 11 is 1.34. The minimum atomic E-state index is -0.622. The summed E-state index contributed by atoms with van der Waals surface area (Å²) in [6, 6.07) is -0.622. The van der Waals surface area contributed by atoms with Crippen molar-refractivity contribution >= 4 is 28.2 Å². The average molecular weight is 256 g/mol. The van der Waals surface area contributed by atoms with E-state index in [2.05, 4.69) is 5.32 Å². The van der Waals surface area contributed by atoms with E-state index in [1.54, 1.807) is 6.92 Å². The van der Waals surface area contributed by atoms with Crippen LogP contribution in [0.4, 0.5) is 5.00 Å². The first-order valence-electron chi connectivity index (χ1n) is 5.13. The number of nitrogens with two attached hydrogens (primary N) is 1. The molecule has 1 heterocycles. The molecule has 5 nitrogen and oxygen atoms in total. The summed E-state index contributed by atoms with van der Waals surface area (Å²) < 4.78 is 4.70. The van der Waals surface area contributed by atoms with Crippen molar-refractivity contribution < 1.29 is 14.3 Å². The van der Waals surface area contributed by atoms with Gasteiger partial charge < -0.3 is 15.8 Å². The maximum Gasteiger partial charge on any atom is 0.341 e. The van der Waals surface area contributed by atoms with Gasteiger partial charge in [-0.3, -0.25) is 4.79 Å². The van der Waals surface area contributed by atoms with E-state index in [1.165, 1.54) is 18.4 Å². The van der Waals surface area contributed by atoms with Gasteiger partial charge in [-0.2, -0.15) is 0 Å². The fourth-order valence-corrected chi connectivity index (χ4v) is 2.34. The van der Waals surface area contributed by atoms with E-state index >= 15 is 0 Å². The Labute approximate surface area is 104 Å². The van der Waals surface area contributed by atoms with Gasteiger partial charge in [0.15, 0.2) is 0 Å². The molecule has 94 valence electrons. The lowest BCUT2D eigenvalue weighted by molar-refractivity contribution is -0.117. The minimum absolute atomic E-state index is 0.323. The molecule has 1 aromatic rings. The minimum Gasteiger partial charge on any atom is -0.465 e. The van der Waals surface area contributed by atoms with Gasteiger partial charge in [0.05, 0.1) is 18.7 Å². The van der Waals surface area contributed by atoms with Gasteiger partial charge in [-0.05, 0) is 26.3 Å². The highest BCUT2D eigenvalue weighted by Crippen LogP contribution is 2.32. The van der Waals surface area contributed by atoms with Crippen molar-refractivity contribution in [2.45, 2.75) is 26.8 Å². The third kappa shape index (κ3) is 2.83. The highest BCUT2D eigenvalue weighted by molar-refractivity contribution is 7.16. The molecule has 1 atom stereocenters. The summed E-state index contributed by atoms with van der Waals surface area (Å²) in [5.74, 6) is -0.775. The third-order valence-electron chi connectivity index (χ3n) is 2.43. The number of thiophene rings is 1. The summed E-state index contributed by atoms with van der Waals surface area (Å²) in [7, 11) is 1.31. The molecule has 6 heteroatoms. The molecule has 3 N–H and O–H groups in total. The van der Waals surface area contributed by atoms with E-state index in [0.717, 1.165) is 10.4 Å². The number of amides is 1. The highest BCUT2D eigenvalue weighted by atomic mass is 32.1. The maximum absolute atomic E-state index is 11.6. The summed E-state index contributed by atoms with van der Waals surface area (Å²) in [5.41, 5.74) is 6.69. The molecule has 1 rings (SSSR count). The zero-order valence-corrected chi connectivity index (χ0v) is 11.1. The van der Waals surface area contributed by atoms with Gasteiger partial charge in [-0.25, -0.2) is 4.79 Å². The SMILES string of the molecule is COC(=O)c1c(NC(=O)[C@@H](C)N)sc(C)c1C. The molecule has 0 aliphatic heterocycles. The number of methoxy groups -OCH3 is 1. The Bertz CT molecular complexity index is 452. The fraction of sp³-hybridized carbons (Fsp3) is 0.455. The van der Waals surface area contributed by atoms with Crippen molar-refractivity contribution in [1.82, 2.24) is 0 Å². The predicted octanol–water partition coefficient (Wildman–Crippen LogP) is 1.44. The summed E-state index contributed by atoms with van der Waals surface area (Å²) in [4.78, 5) is 24.1. The number of carbonyl (C=O) groups excluding carboxylic acids is 2. The molecular formula is C11H16N2O3S. The molecule has 1 amide bonds. The van der Waals surface area contributed by atoms with Crippen LogP contribution in [0.1, 0.15) is 27.7 Å². The number of hydrogen-bond donors (Lipinski definition) is 2. The number of anilines is 1. The molecule has 0 bridgehead atoms. The van der Waals surface area contributed by atoms with Crippen LogP contribution in [0.15, 0.2) is 0 Å². The zero-order valence-electron chi connectivity index (χ0n) is 10.3. The number of carbonyl (C=O) groups is 2. The van der Waals surface area contributed by atoms with Crippen molar-refractivity contribution in [3.8, 4) is 0 Å². The smallest absolute Gasteiger partial charge is 0.341 e. The maximum atomic E-state index is 11.6. The van der Waals surface area contributed by atoms with Gasteiger partial charge in [-0.1, -0.05) is 0 Å². The van der Waals surface area contributed by atoms with Crippen molar-refractivity contribution in [2.75, 3.05) is 12.4 Å². The first-order chi connectivity index (χ1) is 7.88. The Morgan fingerprint density at radius 3 is 2.47 bits per heavy atom. The van der Waals surface area contributed by atoms with Crippen LogP contribution in [-0.4, -0.2) is 25.0 Å². The standard InChI is InChI=1S/C11H16N2O3S/c1-5-7(3)17-10(8(5)11(15)16-4)13-9(14)6(2)12/h6H,12H2,1-4H3,(H,13,14)/t6-/m1/s1. The summed E-state index contributed by atoms with van der Waals surface area (Å²) in [5, 5.41) is 3.14. The molecule has 0 aromatic carbocycles. The molecule has 1 aromatic heterocycles. The van der Waals surface area contributed by atoms with E-state index in [-0.39, 0.29) is 5.91 Å². The summed E-state index contributed by atoms with van der Waals surface area (Å²) in [6.45, 7) is 5.29. The van der Waals surface area contributed by atoms with Gasteiger partial charge in [0.25, 0.3) is 0 Å². The number of nitrogens with one attached hydrogen (secondary N) is 1. The first kappa shape index (κ1) is 13.7. The third-order valence-corrected chi connectivity index (χ3v) is 3.55. The number of aryl methyl sites for hydroxylation is 1. The molecule has 0 unspecified atom stereocenters. The topological polar surface area (TPSA) is 81.4 Å². The monoisotopic (exact) mass is 256 g/mol. The van der Waals surface area contributed by atoms with Crippen LogP contribution in [0.5, 0.6) is 0 Å². The number of hydrogen-bond acceptors (Lipinski definition) is 5. The molecule has 0 fully saturated rings. The van der Waals surface area contributed by atoms with E-state index in [9.17, 15) is 9.59 Å². The second-order valence-electron chi connectivity index (χ2n) is 3.76. The largest absolute Gasteiger partial charge is 0.465 e. The van der Waals surface area contributed by atoms with Crippen LogP contribution in [0.2, 0.25) is 0 Å². The molecule has 0 radical (unpaired) electrons. The predicted molar refractivity (Wildman–Crippen MR) is 67.4 cm³/mol. The molecule has 0 aliphatic rings. The van der Waals surface area contributed by atoms with Crippen LogP contribution in [0, 0.1) is 13.8 Å². The lowest BCUT2D eigenvalue weighted by Gasteiger charge is -2.07. The van der Waals surface area contributed by atoms with Crippen LogP contribution in [0.3, 0.4) is 0 Å². The molecule has 0 spiro atoms. The van der Waals surface area contributed by atoms with E-state index in [0.29, 0.717) is 10.6 Å². The van der Waals surface area contributed by atoms with Crippen molar-refractivity contribution in [2.24, 2.45) is 5.73 Å². The van der Waals surface area contributed by atoms with Crippen molar-refractivity contribution in [1.29, 1.82) is 0 Å². The first-order valence-corrected chi connectivity index (χ1v) is 5.94. The van der Waals surface area contributed by atoms with Gasteiger partial charge in [0.2, 0.25) is 5.91 Å². The second kappa shape index (κ2) is 5.29. The lowest BCUT2D eigenvalue weighted by atomic mass is 10.1. The second-order valence-corrected chi connectivity index (χ2v) is 4.98. The summed E-state index contributed by atoms with van der Waals surface area (Å²) in [6.07, 6.45) is 0. The highest BCUT2D eigenvalue weighted by Gasteiger charge is 2.22. The lowest BCUT2D eigenvalue weighted by Crippen LogP contribution is -2.32. The van der Waals surface area contributed by atoms with E-state index in [1.807, 2.05) is 13.8 Å². The van der Waals surface area contributed by atoms with Crippen LogP contribution >= 0.6 is 11.3 Å². The van der Waals surface area contributed by atoms with Crippen molar-refractivity contribution in [3.05, 3.63) is 16.0 Å². The van der Waals surface area contributed by atoms with E-state index < -0.39 is 12.0 Å². The van der Waals surface area contributed by atoms with Gasteiger partial charge >= 0.3 is 5.97 Å². The van der Waals surface area contributed by atoms with Crippen LogP contribution in [0.25, 0.3) is 0 Å². The number of ether oxygens (including phenoxy) is 1. The Hall–Kier alpha value is -1.40. The van der Waals surface area contributed by atoms with Crippen molar-refractivity contribution in [3.63, 3.8) is 0 Å². The normalized spacial score (nSPS) is 12.1. The molecule has 0 aliphatic carbocycles. The van der Waals surface area contributed by atoms with Crippen LogP contribution < -0.4 is 11.1 Å². The number of rotatable bonds is 3. The fourth-order valence-electron chi connectivity index (χ4n) is 1.29. The Morgan fingerprint density at radius 1 is 1.41 bits per heavy atom. The van der Waals surface area contributed by atoms with Gasteiger partial charge in [-0.15, -0.1) is 11.3 Å². The Balaban J connectivity index is 3.11. The van der Waals surface area contributed by atoms with E-state index in [4.69, 9.17) is 10.5 Å².